The summed E-state index contributed by atoms with van der Waals surface area (Å²) in [5.74, 6) is -0.750. The number of carboxylic acid groups (broad SMARTS) is 1. The van der Waals surface area contributed by atoms with Crippen LogP contribution in [0.25, 0.3) is 0 Å². The molecule has 0 radical (unpaired) electrons. The third-order valence-corrected chi connectivity index (χ3v) is 4.94. The molecule has 0 saturated carbocycles. The Bertz CT molecular complexity index is 878. The Morgan fingerprint density at radius 1 is 1.12 bits per heavy atom. The van der Waals surface area contributed by atoms with Crippen LogP contribution in [-0.2, 0) is 21.2 Å². The summed E-state index contributed by atoms with van der Waals surface area (Å²) in [5, 5.41) is 15.9. The van der Waals surface area contributed by atoms with Crippen molar-refractivity contribution in [2.75, 3.05) is 13.2 Å². The Morgan fingerprint density at radius 3 is 2.27 bits per heavy atom. The zero-order valence-electron chi connectivity index (χ0n) is 13.8. The van der Waals surface area contributed by atoms with E-state index in [4.69, 9.17) is 21.0 Å². The SMILES string of the molecule is N=C(N)c1ccc(S(=O)(=O)NCCc2ccc(OCC(=O)O)cc2)cc1. The van der Waals surface area contributed by atoms with Crippen LogP contribution in [-0.4, -0.2) is 38.5 Å². The number of benzene rings is 2. The van der Waals surface area contributed by atoms with Crippen molar-refractivity contribution in [3.05, 3.63) is 59.7 Å². The van der Waals surface area contributed by atoms with Crippen molar-refractivity contribution in [3.63, 3.8) is 0 Å². The van der Waals surface area contributed by atoms with E-state index in [1.807, 2.05) is 0 Å². The van der Waals surface area contributed by atoms with E-state index in [1.54, 1.807) is 24.3 Å². The molecule has 0 aliphatic carbocycles. The van der Waals surface area contributed by atoms with Gasteiger partial charge in [0.2, 0.25) is 10.0 Å². The molecule has 2 aromatic carbocycles. The van der Waals surface area contributed by atoms with Crippen LogP contribution in [0.5, 0.6) is 5.75 Å². The van der Waals surface area contributed by atoms with Crippen molar-refractivity contribution in [1.29, 1.82) is 5.41 Å². The van der Waals surface area contributed by atoms with Crippen molar-refractivity contribution in [1.82, 2.24) is 4.72 Å². The highest BCUT2D eigenvalue weighted by Crippen LogP contribution is 2.13. The van der Waals surface area contributed by atoms with Gasteiger partial charge in [0.1, 0.15) is 11.6 Å². The highest BCUT2D eigenvalue weighted by atomic mass is 32.2. The van der Waals surface area contributed by atoms with Gasteiger partial charge >= 0.3 is 5.97 Å². The van der Waals surface area contributed by atoms with Gasteiger partial charge in [0, 0.05) is 12.1 Å². The summed E-state index contributed by atoms with van der Waals surface area (Å²) < 4.78 is 32.0. The van der Waals surface area contributed by atoms with Crippen LogP contribution in [0.3, 0.4) is 0 Å². The van der Waals surface area contributed by atoms with E-state index in [-0.39, 0.29) is 17.3 Å². The molecule has 0 aromatic heterocycles. The summed E-state index contributed by atoms with van der Waals surface area (Å²) in [6.45, 7) is -0.215. The lowest BCUT2D eigenvalue weighted by Crippen LogP contribution is -2.26. The number of carboxylic acids is 1. The first-order chi connectivity index (χ1) is 12.3. The van der Waals surface area contributed by atoms with E-state index in [0.717, 1.165) is 5.56 Å². The van der Waals surface area contributed by atoms with E-state index in [0.29, 0.717) is 17.7 Å². The Hall–Kier alpha value is -2.91. The number of ether oxygens (including phenoxy) is 1. The zero-order chi connectivity index (χ0) is 19.2. The van der Waals surface area contributed by atoms with Crippen LogP contribution < -0.4 is 15.2 Å². The Balaban J connectivity index is 1.89. The van der Waals surface area contributed by atoms with E-state index in [9.17, 15) is 13.2 Å². The Labute approximate surface area is 151 Å². The summed E-state index contributed by atoms with van der Waals surface area (Å²) in [5.41, 5.74) is 6.67. The maximum atomic E-state index is 12.2. The van der Waals surface area contributed by atoms with Crippen molar-refractivity contribution >= 4 is 21.8 Å². The fourth-order valence-electron chi connectivity index (χ4n) is 2.12. The number of nitrogens with one attached hydrogen (secondary N) is 2. The third-order valence-electron chi connectivity index (χ3n) is 3.47. The predicted octanol–water partition coefficient (Wildman–Crippen LogP) is 0.955. The molecule has 0 amide bonds. The zero-order valence-corrected chi connectivity index (χ0v) is 14.6. The van der Waals surface area contributed by atoms with Gasteiger partial charge in [-0.3, -0.25) is 5.41 Å². The van der Waals surface area contributed by atoms with Gasteiger partial charge in [0.05, 0.1) is 4.90 Å². The molecule has 0 atom stereocenters. The highest BCUT2D eigenvalue weighted by Gasteiger charge is 2.13. The van der Waals surface area contributed by atoms with Crippen molar-refractivity contribution in [3.8, 4) is 5.75 Å². The molecule has 0 bridgehead atoms. The summed E-state index contributed by atoms with van der Waals surface area (Å²) in [6, 6.07) is 12.5. The first-order valence-corrected chi connectivity index (χ1v) is 9.14. The fraction of sp³-hybridized carbons (Fsp3) is 0.176. The van der Waals surface area contributed by atoms with Gasteiger partial charge in [-0.15, -0.1) is 0 Å². The lowest BCUT2D eigenvalue weighted by molar-refractivity contribution is -0.139. The molecule has 0 saturated heterocycles. The molecule has 0 heterocycles. The molecule has 0 fully saturated rings. The molecule has 8 nitrogen and oxygen atoms in total. The lowest BCUT2D eigenvalue weighted by Gasteiger charge is -2.08. The van der Waals surface area contributed by atoms with Crippen LogP contribution in [0, 0.1) is 5.41 Å². The van der Waals surface area contributed by atoms with Gasteiger partial charge in [-0.1, -0.05) is 12.1 Å². The molecular weight excluding hydrogens is 358 g/mol. The number of amidine groups is 1. The van der Waals surface area contributed by atoms with Gasteiger partial charge in [-0.25, -0.2) is 17.9 Å². The second-order valence-corrected chi connectivity index (χ2v) is 7.18. The second-order valence-electron chi connectivity index (χ2n) is 5.41. The molecule has 0 aliphatic heterocycles. The summed E-state index contributed by atoms with van der Waals surface area (Å²) >= 11 is 0. The van der Waals surface area contributed by atoms with Crippen molar-refractivity contribution in [2.24, 2.45) is 5.73 Å². The third kappa shape index (κ3) is 5.57. The van der Waals surface area contributed by atoms with Gasteiger partial charge in [-0.2, -0.15) is 0 Å². The smallest absolute Gasteiger partial charge is 0.341 e. The largest absolute Gasteiger partial charge is 0.482 e. The van der Waals surface area contributed by atoms with Crippen LogP contribution in [0.4, 0.5) is 0 Å². The molecule has 26 heavy (non-hydrogen) atoms. The maximum absolute atomic E-state index is 12.2. The topological polar surface area (TPSA) is 143 Å². The molecule has 2 rings (SSSR count). The van der Waals surface area contributed by atoms with E-state index >= 15 is 0 Å². The molecule has 2 aromatic rings. The lowest BCUT2D eigenvalue weighted by atomic mass is 10.1. The van der Waals surface area contributed by atoms with Crippen LogP contribution in [0.1, 0.15) is 11.1 Å². The second kappa shape index (κ2) is 8.45. The van der Waals surface area contributed by atoms with Crippen LogP contribution in [0.2, 0.25) is 0 Å². The quantitative estimate of drug-likeness (QED) is 0.379. The highest BCUT2D eigenvalue weighted by molar-refractivity contribution is 7.89. The Morgan fingerprint density at radius 2 is 1.73 bits per heavy atom. The maximum Gasteiger partial charge on any atom is 0.341 e. The van der Waals surface area contributed by atoms with E-state index in [1.165, 1.54) is 24.3 Å². The molecule has 5 N–H and O–H groups in total. The number of hydrogen-bond acceptors (Lipinski definition) is 5. The van der Waals surface area contributed by atoms with Crippen LogP contribution >= 0.6 is 0 Å². The average Bonchev–Trinajstić information content (AvgIpc) is 2.61. The Kier molecular flexibility index (Phi) is 6.31. The van der Waals surface area contributed by atoms with Gasteiger partial charge in [0.25, 0.3) is 0 Å². The van der Waals surface area contributed by atoms with Gasteiger partial charge in [0.15, 0.2) is 6.61 Å². The van der Waals surface area contributed by atoms with Gasteiger partial charge in [-0.05, 0) is 48.4 Å². The van der Waals surface area contributed by atoms with Crippen LogP contribution in [0.15, 0.2) is 53.4 Å². The molecular formula is C17H19N3O5S. The fourth-order valence-corrected chi connectivity index (χ4v) is 3.16. The average molecular weight is 377 g/mol. The summed E-state index contributed by atoms with van der Waals surface area (Å²) in [4.78, 5) is 10.5. The number of hydrogen-bond donors (Lipinski definition) is 4. The number of nitrogens with two attached hydrogens (primary N) is 1. The summed E-state index contributed by atoms with van der Waals surface area (Å²) in [6.07, 6.45) is 0.462. The monoisotopic (exact) mass is 377 g/mol. The summed E-state index contributed by atoms with van der Waals surface area (Å²) in [7, 11) is -3.65. The first-order valence-electron chi connectivity index (χ1n) is 7.65. The van der Waals surface area contributed by atoms with Crippen molar-refractivity contribution in [2.45, 2.75) is 11.3 Å². The number of carbonyl (C=O) groups is 1. The first kappa shape index (κ1) is 19.4. The van der Waals surface area contributed by atoms with Crippen molar-refractivity contribution < 1.29 is 23.1 Å². The van der Waals surface area contributed by atoms with E-state index < -0.39 is 22.6 Å². The molecule has 9 heteroatoms. The number of aliphatic carboxylic acids is 1. The molecule has 0 aliphatic rings. The molecule has 138 valence electrons. The minimum Gasteiger partial charge on any atom is -0.482 e. The normalized spacial score (nSPS) is 11.1. The predicted molar refractivity (Wildman–Crippen MR) is 95.9 cm³/mol. The number of sulfonamides is 1. The molecule has 0 unspecified atom stereocenters. The number of nitrogen functional groups attached to an aromatic ring is 1. The number of rotatable bonds is 9. The standard InChI is InChI=1S/C17H19N3O5S/c18-17(19)13-3-7-15(8-4-13)26(23,24)20-10-9-12-1-5-14(6-2-12)25-11-16(21)22/h1-8,20H,9-11H2,(H3,18,19)(H,21,22). The minimum absolute atomic E-state index is 0.0971. The van der Waals surface area contributed by atoms with Gasteiger partial charge < -0.3 is 15.6 Å². The van der Waals surface area contributed by atoms with E-state index in [2.05, 4.69) is 4.72 Å². The molecule has 0 spiro atoms. The minimum atomic E-state index is -3.65.